The summed E-state index contributed by atoms with van der Waals surface area (Å²) in [5, 5.41) is -0.335. The normalized spacial score (nSPS) is 12.8. The maximum Gasteiger partial charge on any atom is 0.417 e. The maximum absolute atomic E-state index is 15.3. The summed E-state index contributed by atoms with van der Waals surface area (Å²) in [4.78, 5) is 30.2. The molecular formula is C98H50F24N8. The van der Waals surface area contributed by atoms with Crippen LogP contribution in [0.2, 0.25) is 0 Å². The van der Waals surface area contributed by atoms with Crippen LogP contribution in [0.4, 0.5) is 105 Å². The van der Waals surface area contributed by atoms with Gasteiger partial charge in [-0.2, -0.15) is 105 Å². The second kappa shape index (κ2) is 31.5. The zero-order chi connectivity index (χ0) is 91.8. The van der Waals surface area contributed by atoms with Crippen molar-refractivity contribution in [1.29, 1.82) is 0 Å². The van der Waals surface area contributed by atoms with Gasteiger partial charge in [0, 0.05) is 54.9 Å². The van der Waals surface area contributed by atoms with Crippen molar-refractivity contribution in [3.63, 3.8) is 0 Å². The summed E-state index contributed by atoms with van der Waals surface area (Å²) in [6.45, 7) is 0. The van der Waals surface area contributed by atoms with Crippen molar-refractivity contribution in [2.24, 2.45) is 0 Å². The average molecular weight is 1800 g/mol. The van der Waals surface area contributed by atoms with Crippen molar-refractivity contribution in [2.45, 2.75) is 49.4 Å². The molecule has 0 aliphatic heterocycles. The monoisotopic (exact) mass is 1790 g/mol. The third-order valence-electron chi connectivity index (χ3n) is 22.1. The number of benzene rings is 14. The number of rotatable bonds is 13. The molecule has 130 heavy (non-hydrogen) atoms. The van der Waals surface area contributed by atoms with Crippen LogP contribution < -0.4 is 0 Å². The Bertz CT molecular complexity index is 6690. The Hall–Kier alpha value is -15.0. The molecule has 0 unspecified atom stereocenters. The van der Waals surface area contributed by atoms with Crippen molar-refractivity contribution in [3.8, 4) is 135 Å². The summed E-state index contributed by atoms with van der Waals surface area (Å²) in [7, 11) is 0. The largest absolute Gasteiger partial charge is 0.417 e. The van der Waals surface area contributed by atoms with Gasteiger partial charge in [0.15, 0.2) is 34.9 Å². The number of hydrogen-bond donors (Lipinski definition) is 0. The fourth-order valence-electron chi connectivity index (χ4n) is 16.1. The molecule has 0 amide bonds. The molecule has 4 aromatic heterocycles. The Balaban J connectivity index is 0.935. The molecule has 18 aromatic rings. The molecule has 0 saturated heterocycles. The van der Waals surface area contributed by atoms with Gasteiger partial charge >= 0.3 is 49.4 Å². The van der Waals surface area contributed by atoms with Gasteiger partial charge in [-0.15, -0.1) is 0 Å². The first-order chi connectivity index (χ1) is 61.5. The van der Waals surface area contributed by atoms with E-state index in [1.54, 1.807) is 146 Å². The highest BCUT2D eigenvalue weighted by Crippen LogP contribution is 2.52. The van der Waals surface area contributed by atoms with E-state index in [4.69, 9.17) is 29.9 Å². The van der Waals surface area contributed by atoms with E-state index in [0.29, 0.717) is 70.8 Å². The van der Waals surface area contributed by atoms with E-state index < -0.39 is 116 Å². The van der Waals surface area contributed by atoms with Crippen LogP contribution in [-0.4, -0.2) is 39.0 Å². The number of hydrogen-bond acceptors (Lipinski definition) is 6. The molecule has 0 N–H and O–H groups in total. The molecule has 4 heterocycles. The molecule has 14 aromatic carbocycles. The van der Waals surface area contributed by atoms with E-state index in [-0.39, 0.29) is 159 Å². The molecule has 0 bridgehead atoms. The molecule has 0 spiro atoms. The van der Waals surface area contributed by atoms with E-state index in [1.807, 2.05) is 0 Å². The van der Waals surface area contributed by atoms with Gasteiger partial charge in [-0.3, -0.25) is 0 Å². The van der Waals surface area contributed by atoms with Crippen LogP contribution in [0, 0.1) is 0 Å². The van der Waals surface area contributed by atoms with Gasteiger partial charge < -0.3 is 9.13 Å². The zero-order valence-electron chi connectivity index (χ0n) is 65.5. The Morgan fingerprint density at radius 1 is 0.162 bits per heavy atom. The van der Waals surface area contributed by atoms with E-state index in [2.05, 4.69) is 0 Å². The lowest BCUT2D eigenvalue weighted by Gasteiger charge is -2.19. The molecule has 0 saturated carbocycles. The second-order valence-corrected chi connectivity index (χ2v) is 30.2. The first-order valence-corrected chi connectivity index (χ1v) is 38.8. The first kappa shape index (κ1) is 85.8. The summed E-state index contributed by atoms with van der Waals surface area (Å²) < 4.78 is 358. The van der Waals surface area contributed by atoms with Crippen molar-refractivity contribution in [3.05, 3.63) is 348 Å². The number of halogens is 24. The van der Waals surface area contributed by atoms with Crippen LogP contribution in [-0.2, 0) is 49.4 Å². The molecule has 18 rings (SSSR count). The minimum atomic E-state index is -5.46. The predicted molar refractivity (Wildman–Crippen MR) is 442 cm³/mol. The number of alkyl halides is 24. The summed E-state index contributed by atoms with van der Waals surface area (Å²) in [5.41, 5.74) is -15.7. The van der Waals surface area contributed by atoms with Crippen molar-refractivity contribution < 1.29 is 105 Å². The van der Waals surface area contributed by atoms with E-state index >= 15 is 52.7 Å². The topological polar surface area (TPSA) is 87.2 Å². The van der Waals surface area contributed by atoms with Crippen LogP contribution in [0.15, 0.2) is 303 Å². The number of aromatic nitrogens is 8. The maximum atomic E-state index is 15.3. The highest BCUT2D eigenvalue weighted by atomic mass is 19.4. The van der Waals surface area contributed by atoms with E-state index in [9.17, 15) is 52.7 Å². The summed E-state index contributed by atoms with van der Waals surface area (Å²) >= 11 is 0. The summed E-state index contributed by atoms with van der Waals surface area (Å²) in [5.74, 6) is -0.0435. The zero-order valence-corrected chi connectivity index (χ0v) is 65.5. The Kier molecular flexibility index (Phi) is 20.8. The third-order valence-corrected chi connectivity index (χ3v) is 22.1. The molecule has 0 aliphatic rings. The average Bonchev–Trinajstić information content (AvgIpc) is 1.43. The third kappa shape index (κ3) is 16.3. The molecule has 32 heteroatoms. The lowest BCUT2D eigenvalue weighted by Crippen LogP contribution is -2.12. The molecule has 8 nitrogen and oxygen atoms in total. The minimum absolute atomic E-state index is 0.0325. The lowest BCUT2D eigenvalue weighted by atomic mass is 9.94. The SMILES string of the molecule is FC(F)(F)c1ccc(-c2ccc3c(c2)c2cc(-c4ccc(C(F)(F)F)cc4C(F)(F)F)ccc2n3-c2ccc(-c3ccc(-n4c5ccc(-c6ccc(C(F)(F)F)cc6C(F)(F)F)cc5c5cc(-c6ccc(C(F)(F)F)cc6C(F)(F)F)ccc54)c(-c4nc(-c5ccccc5)nc(-c5ccccc5)n4)c3)cc2-c2nc(-c3ccccc3)nc(-c3ccccc3)n2)c(C(F)(F)F)c1. The molecule has 0 fully saturated rings. The van der Waals surface area contributed by atoms with Crippen LogP contribution in [0.25, 0.3) is 179 Å². The molecule has 0 aliphatic carbocycles. The summed E-state index contributed by atoms with van der Waals surface area (Å²) in [6.07, 6.45) is -42.9. The van der Waals surface area contributed by atoms with Gasteiger partial charge in [0.25, 0.3) is 0 Å². The van der Waals surface area contributed by atoms with Gasteiger partial charge in [-0.25, -0.2) is 29.9 Å². The first-order valence-electron chi connectivity index (χ1n) is 38.8. The predicted octanol–water partition coefficient (Wildman–Crippen LogP) is 30.7. The molecule has 650 valence electrons. The van der Waals surface area contributed by atoms with Crippen LogP contribution in [0.3, 0.4) is 0 Å². The van der Waals surface area contributed by atoms with Gasteiger partial charge in [-0.1, -0.05) is 182 Å². The van der Waals surface area contributed by atoms with Crippen molar-refractivity contribution in [2.75, 3.05) is 0 Å². The van der Waals surface area contributed by atoms with Crippen LogP contribution >= 0.6 is 0 Å². The smallest absolute Gasteiger partial charge is 0.308 e. The quantitative estimate of drug-likeness (QED) is 0.107. The fraction of sp³-hybridized carbons (Fsp3) is 0.0816. The minimum Gasteiger partial charge on any atom is -0.308 e. The van der Waals surface area contributed by atoms with Gasteiger partial charge in [0.2, 0.25) is 0 Å². The van der Waals surface area contributed by atoms with Gasteiger partial charge in [-0.05, 0) is 177 Å². The number of fused-ring (bicyclic) bond motifs is 6. The standard InChI is InChI=1S/C98H50F24N8/c99-91(100,101)61-27-31-65(75(47-61)95(111,112)113)57-23-37-79-69(43-57)70-44-58(66-32-28-62(92(102,103)104)48-76(66)96(114,115)116)24-38-80(70)129(79)83-35-21-55(41-73(83)89-125-85(51-13-5-1-6-14-51)123-86(126-89)52-15-7-2-8-16-52)56-22-36-84(74(42-56)90-127-87(53-17-9-3-10-18-53)124-88(128-90)54-19-11-4-12-20-54)130-81-39-25-59(67-33-29-63(93(105,106)107)49-77(67)97(117,118)119)45-71(81)72-46-60(26-40-82(72)130)68-34-30-64(94(108,109)110)50-78(68)98(120,121)122/h1-50H. The van der Waals surface area contributed by atoms with Crippen molar-refractivity contribution in [1.82, 2.24) is 39.0 Å². The van der Waals surface area contributed by atoms with E-state index in [0.717, 1.165) is 48.5 Å². The van der Waals surface area contributed by atoms with Crippen molar-refractivity contribution >= 4 is 43.6 Å². The molecular weight excluding hydrogens is 1750 g/mol. The fourth-order valence-corrected chi connectivity index (χ4v) is 16.1. The molecule has 0 radical (unpaired) electrons. The van der Waals surface area contributed by atoms with E-state index in [1.165, 1.54) is 45.5 Å². The summed E-state index contributed by atoms with van der Waals surface area (Å²) in [6, 6.07) is 61.5. The second-order valence-electron chi connectivity index (χ2n) is 30.2. The Morgan fingerprint density at radius 3 is 0.577 bits per heavy atom. The number of nitrogens with zero attached hydrogens (tertiary/aromatic N) is 8. The van der Waals surface area contributed by atoms with Gasteiger partial charge in [0.1, 0.15) is 0 Å². The van der Waals surface area contributed by atoms with Crippen LogP contribution in [0.1, 0.15) is 44.5 Å². The highest BCUT2D eigenvalue weighted by molar-refractivity contribution is 6.14. The Labute approximate surface area is 717 Å². The van der Waals surface area contributed by atoms with Crippen LogP contribution in [0.5, 0.6) is 0 Å². The lowest BCUT2D eigenvalue weighted by molar-refractivity contribution is -0.144. The van der Waals surface area contributed by atoms with Gasteiger partial charge in [0.05, 0.1) is 77.9 Å². The highest BCUT2D eigenvalue weighted by Gasteiger charge is 2.44. The Morgan fingerprint density at radius 2 is 0.369 bits per heavy atom. The molecule has 0 atom stereocenters.